The van der Waals surface area contributed by atoms with Crippen LogP contribution in [-0.4, -0.2) is 80.8 Å². The van der Waals surface area contributed by atoms with Crippen molar-refractivity contribution < 1.29 is 96.2 Å². The molecule has 0 bridgehead atoms. The second-order valence-corrected chi connectivity index (χ2v) is 14.9. The summed E-state index contributed by atoms with van der Waals surface area (Å²) in [6.45, 7) is -0.370. The van der Waals surface area contributed by atoms with Gasteiger partial charge in [-0.25, -0.2) is 3.63 Å². The third-order valence-corrected chi connectivity index (χ3v) is 12.7. The Morgan fingerprint density at radius 1 is 0.625 bits per heavy atom. The molecule has 1 saturated heterocycles. The maximum absolute atomic E-state index is 14.9. The first kappa shape index (κ1) is 40.0. The van der Waals surface area contributed by atoms with E-state index in [9.17, 15) is 83.1 Å². The molecule has 0 N–H and O–H groups in total. The van der Waals surface area contributed by atoms with Crippen LogP contribution in [0.2, 0.25) is 0 Å². The van der Waals surface area contributed by atoms with Crippen molar-refractivity contribution in [1.82, 2.24) is 0 Å². The molecule has 24 heteroatoms. The minimum Gasteiger partial charge on any atom is -0.467 e. The van der Waals surface area contributed by atoms with Gasteiger partial charge < -0.3 is 9.47 Å². The maximum Gasteiger partial charge on any atom is 0.460 e. The van der Waals surface area contributed by atoms with Gasteiger partial charge in [-0.15, -0.1) is 0 Å². The average Bonchev–Trinajstić information content (AvgIpc) is 3.43. The minimum absolute atomic E-state index is 0.0131. The molecule has 0 aromatic heterocycles. The van der Waals surface area contributed by atoms with E-state index in [0.717, 1.165) is 12.1 Å². The van der Waals surface area contributed by atoms with Crippen LogP contribution in [-0.2, 0) is 18.5 Å². The molecule has 0 spiro atoms. The van der Waals surface area contributed by atoms with Gasteiger partial charge in [0, 0.05) is 28.9 Å². The number of hydrogen-bond acceptors (Lipinski definition) is 5. The number of rotatable bonds is 13. The summed E-state index contributed by atoms with van der Waals surface area (Å²) >= 11 is 0. The molecule has 0 saturated carbocycles. The van der Waals surface area contributed by atoms with E-state index in [0.29, 0.717) is 0 Å². The third kappa shape index (κ3) is 5.60. The number of halogens is 17. The van der Waals surface area contributed by atoms with Crippen molar-refractivity contribution in [3.8, 4) is 5.75 Å². The predicted molar refractivity (Wildman–Crippen MR) is 132 cm³/mol. The lowest BCUT2D eigenvalue weighted by atomic mass is 9.91. The van der Waals surface area contributed by atoms with Crippen molar-refractivity contribution >= 4 is 31.2 Å². The Bertz CT molecular complexity index is 1600. The number of methoxy groups -OCH3 is 1. The fourth-order valence-electron chi connectivity index (χ4n) is 4.43. The van der Waals surface area contributed by atoms with E-state index < -0.39 is 78.9 Å². The van der Waals surface area contributed by atoms with Crippen molar-refractivity contribution in [2.24, 2.45) is 0 Å². The number of hydrogen-bond donors (Lipinski definition) is 0. The third-order valence-electron chi connectivity index (χ3n) is 7.00. The quantitative estimate of drug-likeness (QED) is 0.150. The molecule has 48 heavy (non-hydrogen) atoms. The second-order valence-electron chi connectivity index (χ2n) is 10.1. The number of fused-ring (bicyclic) bond motifs is 1. The molecule has 0 atom stereocenters. The van der Waals surface area contributed by atoms with Gasteiger partial charge in [-0.2, -0.15) is 83.1 Å². The monoisotopic (exact) mass is 774 g/mol. The molecule has 2 aromatic carbocycles. The molecule has 5 nitrogen and oxygen atoms in total. The summed E-state index contributed by atoms with van der Waals surface area (Å²) < 4.78 is 273. The van der Waals surface area contributed by atoms with E-state index in [-0.39, 0.29) is 41.1 Å². The van der Waals surface area contributed by atoms with Crippen LogP contribution in [0.15, 0.2) is 41.3 Å². The van der Waals surface area contributed by atoms with Crippen molar-refractivity contribution in [3.63, 3.8) is 0 Å². The van der Waals surface area contributed by atoms with Crippen LogP contribution in [0.25, 0.3) is 10.8 Å². The SMILES string of the molecule is COCOc1ccc(S2(OS(=O)(=O)C(F)(F)C(F)(F)C(F)(F)C(F)(F)C(F)(F)C(F)(F)C(F)(F)C(F)(F)F)CCCC2)c2ccccc12. The minimum atomic E-state index is -8.92. The average molecular weight is 775 g/mol. The summed E-state index contributed by atoms with van der Waals surface area (Å²) in [4.78, 5) is -0.333. The van der Waals surface area contributed by atoms with Gasteiger partial charge in [0.05, 0.1) is 0 Å². The summed E-state index contributed by atoms with van der Waals surface area (Å²) in [5.74, 6) is -53.3. The van der Waals surface area contributed by atoms with Gasteiger partial charge in [0.15, 0.2) is 6.79 Å². The fraction of sp³-hybridized carbons (Fsp3) is 0.583. The number of ether oxygens (including phenoxy) is 2. The van der Waals surface area contributed by atoms with Gasteiger partial charge in [-0.1, -0.05) is 34.6 Å². The van der Waals surface area contributed by atoms with E-state index >= 15 is 0 Å². The molecule has 1 fully saturated rings. The van der Waals surface area contributed by atoms with Crippen molar-refractivity contribution in [2.45, 2.75) is 64.7 Å². The normalized spacial score (nSPS) is 18.3. The zero-order valence-corrected chi connectivity index (χ0v) is 24.9. The largest absolute Gasteiger partial charge is 0.467 e. The standard InChI is InChI=1S/C24H19F17O5S2/c1-44-12-45-15-8-9-16(14-7-3-2-6-13(14)15)47(10-4-5-11-47)46-48(42,43)24(40,41)22(35,36)20(31,32)18(27,28)17(25,26)19(29,30)21(33,34)23(37,38)39/h2-3,6-9H,4-5,10-12H2,1H3. The van der Waals surface area contributed by atoms with E-state index in [4.69, 9.17) is 9.47 Å². The van der Waals surface area contributed by atoms with Gasteiger partial charge in [0.2, 0.25) is 0 Å². The zero-order valence-electron chi connectivity index (χ0n) is 23.3. The van der Waals surface area contributed by atoms with E-state index in [2.05, 4.69) is 3.63 Å². The van der Waals surface area contributed by atoms with Crippen LogP contribution >= 0.6 is 10.3 Å². The summed E-state index contributed by atoms with van der Waals surface area (Å²) in [7, 11) is -10.4. The molecular formula is C24H19F17O5S2. The lowest BCUT2D eigenvalue weighted by Gasteiger charge is -2.43. The van der Waals surface area contributed by atoms with Gasteiger partial charge in [-0.05, 0) is 30.4 Å². The van der Waals surface area contributed by atoms with E-state index in [1.807, 2.05) is 0 Å². The zero-order chi connectivity index (χ0) is 37.2. The van der Waals surface area contributed by atoms with Gasteiger partial charge >= 0.3 is 57.1 Å². The Hall–Kier alpha value is -2.47. The lowest BCUT2D eigenvalue weighted by molar-refractivity contribution is -0.458. The Labute approximate surface area is 259 Å². The summed E-state index contributed by atoms with van der Waals surface area (Å²) in [5, 5.41) is -7.73. The van der Waals surface area contributed by atoms with Gasteiger partial charge in [0.25, 0.3) is 0 Å². The summed E-state index contributed by atoms with van der Waals surface area (Å²) in [5.41, 5.74) is 0. The predicted octanol–water partition coefficient (Wildman–Crippen LogP) is 9.01. The Morgan fingerprint density at radius 2 is 1.06 bits per heavy atom. The first-order valence-electron chi connectivity index (χ1n) is 12.5. The molecule has 0 radical (unpaired) electrons. The van der Waals surface area contributed by atoms with Crippen LogP contribution < -0.4 is 4.74 Å². The van der Waals surface area contributed by atoms with E-state index in [1.54, 1.807) is 0 Å². The van der Waals surface area contributed by atoms with Crippen LogP contribution in [0.1, 0.15) is 12.8 Å². The topological polar surface area (TPSA) is 61.8 Å². The molecular weight excluding hydrogens is 755 g/mol. The first-order valence-corrected chi connectivity index (χ1v) is 15.8. The summed E-state index contributed by atoms with van der Waals surface area (Å²) in [6, 6.07) is 7.32. The van der Waals surface area contributed by atoms with Gasteiger partial charge in [0.1, 0.15) is 5.75 Å². The molecule has 3 rings (SSSR count). The maximum atomic E-state index is 14.9. The Morgan fingerprint density at radius 3 is 1.52 bits per heavy atom. The Kier molecular flexibility index (Phi) is 10.1. The fourth-order valence-corrected chi connectivity index (χ4v) is 10.3. The second kappa shape index (κ2) is 12.1. The smallest absolute Gasteiger partial charge is 0.460 e. The summed E-state index contributed by atoms with van der Waals surface area (Å²) in [6.07, 6.45) is -8.12. The molecule has 2 aromatic rings. The lowest BCUT2D eigenvalue weighted by Crippen LogP contribution is -2.75. The molecule has 0 unspecified atom stereocenters. The van der Waals surface area contributed by atoms with Crippen molar-refractivity contribution in [2.75, 3.05) is 25.4 Å². The highest BCUT2D eigenvalue weighted by Gasteiger charge is 2.96. The first-order chi connectivity index (χ1) is 21.5. The number of benzene rings is 2. The van der Waals surface area contributed by atoms with Crippen LogP contribution in [0, 0.1) is 0 Å². The van der Waals surface area contributed by atoms with E-state index in [1.165, 1.54) is 31.4 Å². The molecule has 1 heterocycles. The molecule has 0 amide bonds. The van der Waals surface area contributed by atoms with Crippen LogP contribution in [0.4, 0.5) is 74.6 Å². The molecule has 276 valence electrons. The highest BCUT2D eigenvalue weighted by Crippen LogP contribution is 2.68. The van der Waals surface area contributed by atoms with Gasteiger partial charge in [-0.3, -0.25) is 0 Å². The Balaban J connectivity index is 2.15. The van der Waals surface area contributed by atoms with Crippen molar-refractivity contribution in [3.05, 3.63) is 36.4 Å². The highest BCUT2D eigenvalue weighted by atomic mass is 32.3. The molecule has 1 aliphatic rings. The molecule has 0 aliphatic carbocycles. The van der Waals surface area contributed by atoms with Crippen molar-refractivity contribution in [1.29, 1.82) is 0 Å². The highest BCUT2D eigenvalue weighted by molar-refractivity contribution is 8.33. The van der Waals surface area contributed by atoms with Crippen LogP contribution in [0.5, 0.6) is 5.75 Å². The number of alkyl halides is 17. The van der Waals surface area contributed by atoms with Crippen LogP contribution in [0.3, 0.4) is 0 Å². The molecule has 1 aliphatic heterocycles.